The molecule has 1 atom stereocenters. The second-order valence-electron chi connectivity index (χ2n) is 6.43. The Labute approximate surface area is 147 Å². The number of sulfonamides is 1. The highest BCUT2D eigenvalue weighted by Crippen LogP contribution is 2.23. The highest BCUT2D eigenvalue weighted by atomic mass is 35.5. The Morgan fingerprint density at radius 1 is 1.33 bits per heavy atom. The number of piperidine rings is 1. The first-order valence-electron chi connectivity index (χ1n) is 7.81. The molecule has 0 aromatic heterocycles. The molecular formula is C16H23ClN2O4S. The highest BCUT2D eigenvalue weighted by Gasteiger charge is 2.30. The molecule has 1 amide bonds. The number of nitrogens with zero attached hydrogens (tertiary/aromatic N) is 1. The van der Waals surface area contributed by atoms with Crippen LogP contribution in [0.2, 0.25) is 5.02 Å². The monoisotopic (exact) mass is 374 g/mol. The van der Waals surface area contributed by atoms with Gasteiger partial charge in [-0.15, -0.1) is 0 Å². The molecule has 134 valence electrons. The molecule has 1 aliphatic heterocycles. The molecule has 2 N–H and O–H groups in total. The van der Waals surface area contributed by atoms with Gasteiger partial charge in [0.05, 0.1) is 12.8 Å². The second kappa shape index (κ2) is 7.39. The number of halogens is 1. The largest absolute Gasteiger partial charge is 0.384 e. The molecule has 8 heteroatoms. The molecule has 1 aromatic carbocycles. The van der Waals surface area contributed by atoms with Gasteiger partial charge in [-0.2, -0.15) is 0 Å². The van der Waals surface area contributed by atoms with Crippen LogP contribution in [0.5, 0.6) is 0 Å². The van der Waals surface area contributed by atoms with E-state index in [0.717, 1.165) is 0 Å². The van der Waals surface area contributed by atoms with E-state index in [4.69, 9.17) is 11.6 Å². The molecule has 6 nitrogen and oxygen atoms in total. The number of carbonyl (C=O) groups excluding carboxylic acids is 1. The first-order chi connectivity index (χ1) is 11.1. The van der Waals surface area contributed by atoms with Crippen LogP contribution < -0.4 is 5.32 Å². The number of amides is 1. The van der Waals surface area contributed by atoms with Gasteiger partial charge < -0.3 is 10.4 Å². The van der Waals surface area contributed by atoms with Gasteiger partial charge in [0.15, 0.2) is 0 Å². The van der Waals surface area contributed by atoms with Crippen LogP contribution in [0.15, 0.2) is 24.3 Å². The third-order valence-electron chi connectivity index (χ3n) is 4.37. The van der Waals surface area contributed by atoms with E-state index < -0.39 is 15.6 Å². The fourth-order valence-corrected chi connectivity index (χ4v) is 3.76. The Morgan fingerprint density at radius 2 is 1.88 bits per heavy atom. The van der Waals surface area contributed by atoms with Gasteiger partial charge in [0.2, 0.25) is 15.9 Å². The van der Waals surface area contributed by atoms with Crippen molar-refractivity contribution in [2.75, 3.05) is 25.9 Å². The minimum atomic E-state index is -3.20. The molecule has 1 unspecified atom stereocenters. The zero-order chi connectivity index (χ0) is 18.0. The van der Waals surface area contributed by atoms with E-state index in [0.29, 0.717) is 36.5 Å². The maximum Gasteiger partial charge on any atom is 0.223 e. The average Bonchev–Trinajstić information content (AvgIpc) is 2.52. The van der Waals surface area contributed by atoms with Gasteiger partial charge >= 0.3 is 0 Å². The zero-order valence-electron chi connectivity index (χ0n) is 13.8. The van der Waals surface area contributed by atoms with E-state index in [1.165, 1.54) is 10.6 Å². The lowest BCUT2D eigenvalue weighted by molar-refractivity contribution is -0.127. The molecule has 0 aliphatic carbocycles. The van der Waals surface area contributed by atoms with Crippen molar-refractivity contribution in [3.8, 4) is 0 Å². The summed E-state index contributed by atoms with van der Waals surface area (Å²) in [6.07, 6.45) is 2.15. The highest BCUT2D eigenvalue weighted by molar-refractivity contribution is 7.88. The van der Waals surface area contributed by atoms with Crippen LogP contribution in [-0.2, 0) is 20.4 Å². The van der Waals surface area contributed by atoms with E-state index in [-0.39, 0.29) is 18.4 Å². The summed E-state index contributed by atoms with van der Waals surface area (Å²) in [5, 5.41) is 13.9. The summed E-state index contributed by atoms with van der Waals surface area (Å²) in [7, 11) is -3.20. The predicted molar refractivity (Wildman–Crippen MR) is 93.2 cm³/mol. The number of hydrogen-bond donors (Lipinski definition) is 2. The lowest BCUT2D eigenvalue weighted by Gasteiger charge is -2.30. The van der Waals surface area contributed by atoms with Crippen molar-refractivity contribution < 1.29 is 18.3 Å². The maximum absolute atomic E-state index is 12.3. The number of carbonyl (C=O) groups is 1. The summed E-state index contributed by atoms with van der Waals surface area (Å²) in [5.41, 5.74) is -0.535. The minimum Gasteiger partial charge on any atom is -0.384 e. The first kappa shape index (κ1) is 19.2. The third-order valence-corrected chi connectivity index (χ3v) is 5.92. The van der Waals surface area contributed by atoms with Crippen LogP contribution >= 0.6 is 11.6 Å². The number of hydrogen-bond acceptors (Lipinski definition) is 4. The van der Waals surface area contributed by atoms with Crippen molar-refractivity contribution in [1.82, 2.24) is 9.62 Å². The van der Waals surface area contributed by atoms with Crippen molar-refractivity contribution in [2.45, 2.75) is 25.4 Å². The van der Waals surface area contributed by atoms with Gasteiger partial charge in [0.25, 0.3) is 0 Å². The molecule has 0 radical (unpaired) electrons. The first-order valence-corrected chi connectivity index (χ1v) is 10.0. The van der Waals surface area contributed by atoms with E-state index in [9.17, 15) is 18.3 Å². The number of nitrogens with one attached hydrogen (secondary N) is 1. The molecule has 1 fully saturated rings. The predicted octanol–water partition coefficient (Wildman–Crippen LogP) is 1.34. The van der Waals surface area contributed by atoms with E-state index in [1.807, 2.05) is 0 Å². The third kappa shape index (κ3) is 4.92. The summed E-state index contributed by atoms with van der Waals surface area (Å²) < 4.78 is 24.4. The smallest absolute Gasteiger partial charge is 0.223 e. The number of rotatable bonds is 5. The average molecular weight is 375 g/mol. The van der Waals surface area contributed by atoms with Crippen LogP contribution in [-0.4, -0.2) is 49.6 Å². The quantitative estimate of drug-likeness (QED) is 0.814. The van der Waals surface area contributed by atoms with Crippen molar-refractivity contribution in [3.63, 3.8) is 0 Å². The van der Waals surface area contributed by atoms with Crippen LogP contribution in [0.1, 0.15) is 25.3 Å². The Balaban J connectivity index is 1.88. The normalized spacial score (nSPS) is 19.7. The molecule has 0 spiro atoms. The van der Waals surface area contributed by atoms with Crippen molar-refractivity contribution in [3.05, 3.63) is 34.9 Å². The lowest BCUT2D eigenvalue weighted by Crippen LogP contribution is -2.45. The minimum absolute atomic E-state index is 0.0831. The van der Waals surface area contributed by atoms with E-state index in [2.05, 4.69) is 5.32 Å². The summed E-state index contributed by atoms with van der Waals surface area (Å²) in [5.74, 6) is -0.388. The molecule has 1 aliphatic rings. The van der Waals surface area contributed by atoms with Gasteiger partial charge in [-0.05, 0) is 37.5 Å². The van der Waals surface area contributed by atoms with Crippen LogP contribution in [0, 0.1) is 5.92 Å². The summed E-state index contributed by atoms with van der Waals surface area (Å²) in [6, 6.07) is 6.82. The second-order valence-corrected chi connectivity index (χ2v) is 8.85. The fraction of sp³-hybridized carbons (Fsp3) is 0.562. The molecule has 0 bridgehead atoms. The molecule has 1 aromatic rings. The van der Waals surface area contributed by atoms with Gasteiger partial charge in [-0.1, -0.05) is 23.7 Å². The van der Waals surface area contributed by atoms with Crippen molar-refractivity contribution in [2.24, 2.45) is 5.92 Å². The number of aliphatic hydroxyl groups is 1. The Kier molecular flexibility index (Phi) is 5.91. The summed E-state index contributed by atoms with van der Waals surface area (Å²) >= 11 is 5.84. The zero-order valence-corrected chi connectivity index (χ0v) is 15.4. The molecular weight excluding hydrogens is 352 g/mol. The number of benzene rings is 1. The fourth-order valence-electron chi connectivity index (χ4n) is 2.76. The maximum atomic E-state index is 12.3. The molecule has 1 saturated heterocycles. The Hall–Kier alpha value is -1.15. The van der Waals surface area contributed by atoms with Gasteiger partial charge in [-0.25, -0.2) is 12.7 Å². The lowest BCUT2D eigenvalue weighted by atomic mass is 9.94. The van der Waals surface area contributed by atoms with Crippen LogP contribution in [0.25, 0.3) is 0 Å². The van der Waals surface area contributed by atoms with Crippen LogP contribution in [0.3, 0.4) is 0 Å². The van der Waals surface area contributed by atoms with Crippen molar-refractivity contribution in [1.29, 1.82) is 0 Å². The molecule has 1 heterocycles. The SMILES string of the molecule is CC(O)(CNC(=O)C1CCN(S(C)(=O)=O)CC1)c1ccc(Cl)cc1. The molecule has 0 saturated carbocycles. The van der Waals surface area contributed by atoms with Crippen molar-refractivity contribution >= 4 is 27.5 Å². The van der Waals surface area contributed by atoms with E-state index >= 15 is 0 Å². The molecule has 2 rings (SSSR count). The summed E-state index contributed by atoms with van der Waals surface area (Å²) in [6.45, 7) is 2.41. The van der Waals surface area contributed by atoms with Gasteiger partial charge in [-0.3, -0.25) is 4.79 Å². The van der Waals surface area contributed by atoms with Gasteiger partial charge in [0, 0.05) is 24.0 Å². The van der Waals surface area contributed by atoms with Crippen LogP contribution in [0.4, 0.5) is 0 Å². The Morgan fingerprint density at radius 3 is 2.38 bits per heavy atom. The topological polar surface area (TPSA) is 86.7 Å². The van der Waals surface area contributed by atoms with Gasteiger partial charge in [0.1, 0.15) is 5.60 Å². The summed E-state index contributed by atoms with van der Waals surface area (Å²) in [4.78, 5) is 12.3. The Bertz CT molecular complexity index is 681. The van der Waals surface area contributed by atoms with E-state index in [1.54, 1.807) is 31.2 Å². The standard InChI is InChI=1S/C16H23ClN2O4S/c1-16(21,13-3-5-14(17)6-4-13)11-18-15(20)12-7-9-19(10-8-12)24(2,22)23/h3-6,12,21H,7-11H2,1-2H3,(H,18,20). The molecule has 24 heavy (non-hydrogen) atoms.